The molecule has 0 aliphatic carbocycles. The molecule has 15 heavy (non-hydrogen) atoms. The number of nitrogens with two attached hydrogens (primary N) is 1. The highest BCUT2D eigenvalue weighted by molar-refractivity contribution is 7.09. The van der Waals surface area contributed by atoms with Gasteiger partial charge in [-0.15, -0.1) is 11.3 Å². The summed E-state index contributed by atoms with van der Waals surface area (Å²) >= 11 is 1.71. The van der Waals surface area contributed by atoms with Gasteiger partial charge in [0.15, 0.2) is 0 Å². The molecule has 1 heterocycles. The lowest BCUT2D eigenvalue weighted by Crippen LogP contribution is -2.36. The van der Waals surface area contributed by atoms with Gasteiger partial charge in [0.2, 0.25) is 0 Å². The maximum Gasteiger partial charge on any atom is 0.109 e. The molecule has 0 saturated heterocycles. The summed E-state index contributed by atoms with van der Waals surface area (Å²) in [6, 6.07) is 0.382. The molecule has 0 radical (unpaired) electrons. The van der Waals surface area contributed by atoms with Gasteiger partial charge in [-0.25, -0.2) is 4.98 Å². The van der Waals surface area contributed by atoms with E-state index in [2.05, 4.69) is 31.1 Å². The molecule has 0 saturated carbocycles. The van der Waals surface area contributed by atoms with Gasteiger partial charge < -0.3 is 11.1 Å². The fourth-order valence-corrected chi connectivity index (χ4v) is 2.18. The molecule has 0 spiro atoms. The van der Waals surface area contributed by atoms with Crippen molar-refractivity contribution in [1.29, 1.82) is 0 Å². The number of thiazole rings is 1. The van der Waals surface area contributed by atoms with Crippen LogP contribution in [0.2, 0.25) is 0 Å². The molecule has 3 nitrogen and oxygen atoms in total. The Kier molecular flexibility index (Phi) is 4.70. The molecule has 1 atom stereocenters. The summed E-state index contributed by atoms with van der Waals surface area (Å²) in [5.41, 5.74) is 5.84. The van der Waals surface area contributed by atoms with Gasteiger partial charge in [-0.3, -0.25) is 0 Å². The molecular formula is C11H21N3S. The van der Waals surface area contributed by atoms with Crippen LogP contribution in [0, 0.1) is 0 Å². The molecule has 1 aromatic heterocycles. The maximum atomic E-state index is 5.93. The minimum absolute atomic E-state index is 0.0891. The summed E-state index contributed by atoms with van der Waals surface area (Å²) < 4.78 is 0. The molecule has 4 heteroatoms. The number of rotatable bonds is 6. The Balaban J connectivity index is 2.36. The monoisotopic (exact) mass is 227 g/mol. The first kappa shape index (κ1) is 12.6. The summed E-state index contributed by atoms with van der Waals surface area (Å²) in [4.78, 5) is 4.33. The van der Waals surface area contributed by atoms with E-state index in [0.29, 0.717) is 6.04 Å². The highest BCUT2D eigenvalue weighted by Gasteiger charge is 2.14. The Hall–Kier alpha value is -0.450. The van der Waals surface area contributed by atoms with Crippen LogP contribution in [0.15, 0.2) is 11.6 Å². The van der Waals surface area contributed by atoms with Crippen molar-refractivity contribution in [2.24, 2.45) is 5.73 Å². The van der Waals surface area contributed by atoms with Crippen LogP contribution in [0.1, 0.15) is 44.7 Å². The number of aromatic nitrogens is 1. The van der Waals surface area contributed by atoms with E-state index >= 15 is 0 Å². The number of nitrogens with one attached hydrogen (secondary N) is 1. The molecule has 86 valence electrons. The van der Waals surface area contributed by atoms with Crippen LogP contribution in [0.25, 0.3) is 0 Å². The zero-order valence-corrected chi connectivity index (χ0v) is 10.6. The van der Waals surface area contributed by atoms with Gasteiger partial charge in [-0.2, -0.15) is 0 Å². The van der Waals surface area contributed by atoms with Gasteiger partial charge in [0, 0.05) is 17.1 Å². The van der Waals surface area contributed by atoms with Crippen LogP contribution < -0.4 is 11.1 Å². The molecule has 0 fully saturated rings. The SMILES string of the molecule is CCC(NCCC(C)(C)N)c1nccs1. The molecule has 3 N–H and O–H groups in total. The van der Waals surface area contributed by atoms with Crippen LogP contribution in [0.3, 0.4) is 0 Å². The van der Waals surface area contributed by atoms with E-state index in [9.17, 15) is 0 Å². The van der Waals surface area contributed by atoms with Crippen molar-refractivity contribution in [3.8, 4) is 0 Å². The lowest BCUT2D eigenvalue weighted by Gasteiger charge is -2.21. The third kappa shape index (κ3) is 4.73. The van der Waals surface area contributed by atoms with E-state index in [1.807, 2.05) is 11.6 Å². The van der Waals surface area contributed by atoms with Crippen molar-refractivity contribution >= 4 is 11.3 Å². The predicted molar refractivity (Wildman–Crippen MR) is 66.0 cm³/mol. The van der Waals surface area contributed by atoms with Crippen molar-refractivity contribution in [2.75, 3.05) is 6.54 Å². The zero-order chi connectivity index (χ0) is 11.3. The largest absolute Gasteiger partial charge is 0.326 e. The second kappa shape index (κ2) is 5.58. The lowest BCUT2D eigenvalue weighted by atomic mass is 10.0. The first-order valence-corrected chi connectivity index (χ1v) is 6.32. The first-order chi connectivity index (χ1) is 7.03. The van der Waals surface area contributed by atoms with Crippen LogP contribution in [-0.2, 0) is 0 Å². The van der Waals surface area contributed by atoms with Gasteiger partial charge in [0.05, 0.1) is 6.04 Å². The van der Waals surface area contributed by atoms with E-state index in [1.54, 1.807) is 11.3 Å². The summed E-state index contributed by atoms with van der Waals surface area (Å²) in [7, 11) is 0. The molecule has 0 aliphatic rings. The van der Waals surface area contributed by atoms with Crippen LogP contribution in [0.4, 0.5) is 0 Å². The lowest BCUT2D eigenvalue weighted by molar-refractivity contribution is 0.423. The Morgan fingerprint density at radius 3 is 2.80 bits per heavy atom. The van der Waals surface area contributed by atoms with E-state index in [4.69, 9.17) is 5.73 Å². The fraction of sp³-hybridized carbons (Fsp3) is 0.727. The minimum atomic E-state index is -0.0891. The molecular weight excluding hydrogens is 206 g/mol. The second-order valence-electron chi connectivity index (χ2n) is 4.52. The highest BCUT2D eigenvalue weighted by Crippen LogP contribution is 2.18. The first-order valence-electron chi connectivity index (χ1n) is 5.44. The van der Waals surface area contributed by atoms with E-state index in [-0.39, 0.29) is 5.54 Å². The smallest absolute Gasteiger partial charge is 0.109 e. The van der Waals surface area contributed by atoms with Gasteiger partial charge in [-0.05, 0) is 33.2 Å². The van der Waals surface area contributed by atoms with Gasteiger partial charge in [-0.1, -0.05) is 6.92 Å². The normalized spacial score (nSPS) is 14.1. The summed E-state index contributed by atoms with van der Waals surface area (Å²) in [6.45, 7) is 7.23. The average molecular weight is 227 g/mol. The highest BCUT2D eigenvalue weighted by atomic mass is 32.1. The van der Waals surface area contributed by atoms with Crippen molar-refractivity contribution < 1.29 is 0 Å². The van der Waals surface area contributed by atoms with E-state index in [1.165, 1.54) is 5.01 Å². The Morgan fingerprint density at radius 2 is 2.33 bits per heavy atom. The third-order valence-corrected chi connectivity index (χ3v) is 3.21. The average Bonchev–Trinajstić information content (AvgIpc) is 2.63. The van der Waals surface area contributed by atoms with Gasteiger partial charge in [0.1, 0.15) is 5.01 Å². The summed E-state index contributed by atoms with van der Waals surface area (Å²) in [6.07, 6.45) is 3.91. The molecule has 0 bridgehead atoms. The Labute approximate surface area is 96.1 Å². The zero-order valence-electron chi connectivity index (χ0n) is 9.79. The molecule has 0 aromatic carbocycles. The van der Waals surface area contributed by atoms with Crippen molar-refractivity contribution in [3.05, 3.63) is 16.6 Å². The van der Waals surface area contributed by atoms with Crippen molar-refractivity contribution in [2.45, 2.75) is 45.2 Å². The fourth-order valence-electron chi connectivity index (χ4n) is 1.38. The number of hydrogen-bond acceptors (Lipinski definition) is 4. The predicted octanol–water partition coefficient (Wildman–Crippen LogP) is 2.31. The van der Waals surface area contributed by atoms with Gasteiger partial charge in [0.25, 0.3) is 0 Å². The van der Waals surface area contributed by atoms with Gasteiger partial charge >= 0.3 is 0 Å². The summed E-state index contributed by atoms with van der Waals surface area (Å²) in [5, 5.41) is 6.69. The molecule has 1 unspecified atom stereocenters. The van der Waals surface area contributed by atoms with Crippen LogP contribution >= 0.6 is 11.3 Å². The summed E-state index contributed by atoms with van der Waals surface area (Å²) in [5.74, 6) is 0. The standard InChI is InChI=1S/C11H21N3S/c1-4-9(10-14-7-8-15-10)13-6-5-11(2,3)12/h7-9,13H,4-6,12H2,1-3H3. The Morgan fingerprint density at radius 1 is 1.60 bits per heavy atom. The quantitative estimate of drug-likeness (QED) is 0.784. The topological polar surface area (TPSA) is 50.9 Å². The van der Waals surface area contributed by atoms with Crippen molar-refractivity contribution in [1.82, 2.24) is 10.3 Å². The molecule has 0 amide bonds. The van der Waals surface area contributed by atoms with Crippen molar-refractivity contribution in [3.63, 3.8) is 0 Å². The number of hydrogen-bond donors (Lipinski definition) is 2. The maximum absolute atomic E-state index is 5.93. The molecule has 1 aromatic rings. The third-order valence-electron chi connectivity index (χ3n) is 2.32. The van der Waals surface area contributed by atoms with Crippen LogP contribution in [-0.4, -0.2) is 17.1 Å². The molecule has 1 rings (SSSR count). The van der Waals surface area contributed by atoms with E-state index in [0.717, 1.165) is 19.4 Å². The second-order valence-corrected chi connectivity index (χ2v) is 5.45. The minimum Gasteiger partial charge on any atom is -0.326 e. The molecule has 0 aliphatic heterocycles. The van der Waals surface area contributed by atoms with E-state index < -0.39 is 0 Å². The van der Waals surface area contributed by atoms with Crippen LogP contribution in [0.5, 0.6) is 0 Å². The number of nitrogens with zero attached hydrogens (tertiary/aromatic N) is 1. The Bertz CT molecular complexity index is 264.